The second-order valence-electron chi connectivity index (χ2n) is 4.27. The first-order valence-electron chi connectivity index (χ1n) is 6.04. The van der Waals surface area contributed by atoms with Gasteiger partial charge in [0.25, 0.3) is 5.91 Å². The fourth-order valence-electron chi connectivity index (χ4n) is 1.41. The van der Waals surface area contributed by atoms with E-state index in [1.807, 2.05) is 24.3 Å². The average molecular weight is 219 g/mol. The van der Waals surface area contributed by atoms with E-state index in [4.69, 9.17) is 0 Å². The van der Waals surface area contributed by atoms with Crippen LogP contribution in [0, 0.1) is 5.92 Å². The molecule has 0 saturated carbocycles. The quantitative estimate of drug-likeness (QED) is 0.810. The van der Waals surface area contributed by atoms with Gasteiger partial charge in [-0.2, -0.15) is 0 Å². The molecule has 16 heavy (non-hydrogen) atoms. The van der Waals surface area contributed by atoms with Crippen LogP contribution in [0.5, 0.6) is 0 Å². The summed E-state index contributed by atoms with van der Waals surface area (Å²) in [4.78, 5) is 11.8. The van der Waals surface area contributed by atoms with Gasteiger partial charge in [-0.15, -0.1) is 0 Å². The number of carbonyl (C=O) groups is 1. The van der Waals surface area contributed by atoms with E-state index in [1.54, 1.807) is 0 Å². The van der Waals surface area contributed by atoms with Crippen molar-refractivity contribution in [2.45, 2.75) is 33.6 Å². The van der Waals surface area contributed by atoms with Crippen LogP contribution in [-0.4, -0.2) is 12.5 Å². The van der Waals surface area contributed by atoms with Crippen molar-refractivity contribution >= 4 is 5.91 Å². The summed E-state index contributed by atoms with van der Waals surface area (Å²) in [7, 11) is 0. The molecule has 0 saturated heterocycles. The minimum atomic E-state index is 0.0305. The first-order valence-corrected chi connectivity index (χ1v) is 6.04. The molecule has 0 bridgehead atoms. The highest BCUT2D eigenvalue weighted by molar-refractivity contribution is 5.94. The third-order valence-electron chi connectivity index (χ3n) is 2.93. The van der Waals surface area contributed by atoms with E-state index in [1.165, 1.54) is 5.56 Å². The van der Waals surface area contributed by atoms with E-state index in [9.17, 15) is 4.79 Å². The molecule has 1 atom stereocenters. The van der Waals surface area contributed by atoms with Crippen LogP contribution in [0.3, 0.4) is 0 Å². The summed E-state index contributed by atoms with van der Waals surface area (Å²) < 4.78 is 0. The Morgan fingerprint density at radius 2 is 1.88 bits per heavy atom. The summed E-state index contributed by atoms with van der Waals surface area (Å²) in [5.74, 6) is 0.571. The normalized spacial score (nSPS) is 12.2. The predicted molar refractivity (Wildman–Crippen MR) is 67.6 cm³/mol. The highest BCUT2D eigenvalue weighted by atomic mass is 16.1. The van der Waals surface area contributed by atoms with Gasteiger partial charge in [0.2, 0.25) is 0 Å². The lowest BCUT2D eigenvalue weighted by atomic mass is 10.1. The Balaban J connectivity index is 2.52. The van der Waals surface area contributed by atoms with Crippen molar-refractivity contribution in [3.05, 3.63) is 35.4 Å². The molecule has 0 aromatic heterocycles. The smallest absolute Gasteiger partial charge is 0.251 e. The number of benzene rings is 1. The number of aryl methyl sites for hydroxylation is 1. The molecule has 0 heterocycles. The zero-order valence-corrected chi connectivity index (χ0v) is 10.4. The van der Waals surface area contributed by atoms with E-state index in [0.717, 1.165) is 24.9 Å². The maximum Gasteiger partial charge on any atom is 0.251 e. The Labute approximate surface area is 98.1 Å². The van der Waals surface area contributed by atoms with Gasteiger partial charge in [-0.1, -0.05) is 39.3 Å². The molecule has 1 N–H and O–H groups in total. The van der Waals surface area contributed by atoms with Crippen LogP contribution < -0.4 is 5.32 Å². The van der Waals surface area contributed by atoms with Crippen molar-refractivity contribution in [2.75, 3.05) is 6.54 Å². The van der Waals surface area contributed by atoms with Gasteiger partial charge in [-0.3, -0.25) is 4.79 Å². The standard InChI is InChI=1S/C14H21NO/c1-4-11(3)10-15-14(16)13-8-6-12(5-2)7-9-13/h6-9,11H,4-5,10H2,1-3H3,(H,15,16). The lowest BCUT2D eigenvalue weighted by Gasteiger charge is -2.10. The van der Waals surface area contributed by atoms with E-state index in [0.29, 0.717) is 5.92 Å². The largest absolute Gasteiger partial charge is 0.352 e. The highest BCUT2D eigenvalue weighted by Crippen LogP contribution is 2.05. The Hall–Kier alpha value is -1.31. The van der Waals surface area contributed by atoms with Crippen molar-refractivity contribution in [2.24, 2.45) is 5.92 Å². The fourth-order valence-corrected chi connectivity index (χ4v) is 1.41. The Bertz CT molecular complexity index is 329. The van der Waals surface area contributed by atoms with Crippen LogP contribution in [0.25, 0.3) is 0 Å². The molecule has 1 unspecified atom stereocenters. The van der Waals surface area contributed by atoms with Gasteiger partial charge in [-0.05, 0) is 30.0 Å². The van der Waals surface area contributed by atoms with Gasteiger partial charge < -0.3 is 5.32 Å². The second kappa shape index (κ2) is 6.31. The van der Waals surface area contributed by atoms with Gasteiger partial charge in [0.15, 0.2) is 0 Å². The molecule has 2 heteroatoms. The molecule has 1 aromatic carbocycles. The molecular formula is C14H21NO. The molecule has 88 valence electrons. The second-order valence-corrected chi connectivity index (χ2v) is 4.27. The Morgan fingerprint density at radius 1 is 1.25 bits per heavy atom. The first kappa shape index (κ1) is 12.8. The molecule has 0 aliphatic carbocycles. The Kier molecular flexibility index (Phi) is 5.03. The topological polar surface area (TPSA) is 29.1 Å². The van der Waals surface area contributed by atoms with E-state index in [-0.39, 0.29) is 5.91 Å². The lowest BCUT2D eigenvalue weighted by Crippen LogP contribution is -2.27. The van der Waals surface area contributed by atoms with Crippen LogP contribution >= 0.6 is 0 Å². The summed E-state index contributed by atoms with van der Waals surface area (Å²) in [6.07, 6.45) is 2.10. The van der Waals surface area contributed by atoms with Gasteiger partial charge in [0.1, 0.15) is 0 Å². The van der Waals surface area contributed by atoms with Crippen LogP contribution in [0.4, 0.5) is 0 Å². The van der Waals surface area contributed by atoms with Gasteiger partial charge >= 0.3 is 0 Å². The summed E-state index contributed by atoms with van der Waals surface area (Å²) in [5, 5.41) is 2.95. The molecule has 1 amide bonds. The summed E-state index contributed by atoms with van der Waals surface area (Å²) in [5.41, 5.74) is 2.01. The third-order valence-corrected chi connectivity index (χ3v) is 2.93. The molecule has 1 aromatic rings. The molecule has 0 radical (unpaired) electrons. The fraction of sp³-hybridized carbons (Fsp3) is 0.500. The number of hydrogen-bond donors (Lipinski definition) is 1. The van der Waals surface area contributed by atoms with Crippen molar-refractivity contribution < 1.29 is 4.79 Å². The zero-order chi connectivity index (χ0) is 12.0. The molecule has 0 spiro atoms. The van der Waals surface area contributed by atoms with Crippen LogP contribution in [0.1, 0.15) is 43.1 Å². The minimum absolute atomic E-state index is 0.0305. The zero-order valence-electron chi connectivity index (χ0n) is 10.4. The number of carbonyl (C=O) groups excluding carboxylic acids is 1. The average Bonchev–Trinajstić information content (AvgIpc) is 2.35. The van der Waals surface area contributed by atoms with Gasteiger partial charge in [0, 0.05) is 12.1 Å². The molecular weight excluding hydrogens is 198 g/mol. The van der Waals surface area contributed by atoms with Crippen molar-refractivity contribution in [1.29, 1.82) is 0 Å². The van der Waals surface area contributed by atoms with E-state index in [2.05, 4.69) is 26.1 Å². The lowest BCUT2D eigenvalue weighted by molar-refractivity contribution is 0.0948. The molecule has 0 aliphatic heterocycles. The number of rotatable bonds is 5. The van der Waals surface area contributed by atoms with Crippen LogP contribution in [0.2, 0.25) is 0 Å². The minimum Gasteiger partial charge on any atom is -0.352 e. The predicted octanol–water partition coefficient (Wildman–Crippen LogP) is 3.02. The monoisotopic (exact) mass is 219 g/mol. The number of amides is 1. The van der Waals surface area contributed by atoms with Crippen LogP contribution in [-0.2, 0) is 6.42 Å². The maximum absolute atomic E-state index is 11.8. The van der Waals surface area contributed by atoms with Crippen molar-refractivity contribution in [3.8, 4) is 0 Å². The first-order chi connectivity index (χ1) is 7.67. The van der Waals surface area contributed by atoms with E-state index >= 15 is 0 Å². The van der Waals surface area contributed by atoms with Crippen LogP contribution in [0.15, 0.2) is 24.3 Å². The SMILES string of the molecule is CCc1ccc(C(=O)NCC(C)CC)cc1. The van der Waals surface area contributed by atoms with Gasteiger partial charge in [0.05, 0.1) is 0 Å². The Morgan fingerprint density at radius 3 is 2.38 bits per heavy atom. The number of nitrogens with one attached hydrogen (secondary N) is 1. The molecule has 2 nitrogen and oxygen atoms in total. The summed E-state index contributed by atoms with van der Waals surface area (Å²) in [6.45, 7) is 7.14. The van der Waals surface area contributed by atoms with E-state index < -0.39 is 0 Å². The third kappa shape index (κ3) is 3.69. The summed E-state index contributed by atoms with van der Waals surface area (Å²) >= 11 is 0. The molecule has 0 aliphatic rings. The van der Waals surface area contributed by atoms with Crippen molar-refractivity contribution in [3.63, 3.8) is 0 Å². The summed E-state index contributed by atoms with van der Waals surface area (Å²) in [6, 6.07) is 7.81. The maximum atomic E-state index is 11.8. The highest BCUT2D eigenvalue weighted by Gasteiger charge is 2.06. The molecule has 0 fully saturated rings. The molecule has 1 rings (SSSR count). The van der Waals surface area contributed by atoms with Crippen molar-refractivity contribution in [1.82, 2.24) is 5.32 Å². The number of hydrogen-bond acceptors (Lipinski definition) is 1. The van der Waals surface area contributed by atoms with Gasteiger partial charge in [-0.25, -0.2) is 0 Å².